The number of halogens is 1. The molecule has 1 aromatic heterocycles. The minimum atomic E-state index is -0.174. The van der Waals surface area contributed by atoms with Gasteiger partial charge in [-0.3, -0.25) is 4.79 Å². The van der Waals surface area contributed by atoms with E-state index >= 15 is 0 Å². The van der Waals surface area contributed by atoms with Gasteiger partial charge in [0.15, 0.2) is 11.5 Å². The molecule has 0 spiro atoms. The lowest BCUT2D eigenvalue weighted by Gasteiger charge is -2.24. The van der Waals surface area contributed by atoms with E-state index in [1.54, 1.807) is 41.5 Å². The molecule has 3 aromatic rings. The van der Waals surface area contributed by atoms with Crippen molar-refractivity contribution in [2.24, 2.45) is 0 Å². The number of anilines is 1. The molecule has 1 aliphatic rings. The largest absolute Gasteiger partial charge is 0.467 e. The molecule has 0 atom stereocenters. The van der Waals surface area contributed by atoms with Crippen molar-refractivity contribution in [3.8, 4) is 11.5 Å². The Morgan fingerprint density at radius 1 is 1.10 bits per heavy atom. The predicted octanol–water partition coefficient (Wildman–Crippen LogP) is 4.94. The second-order valence-electron chi connectivity index (χ2n) is 6.61. The second-order valence-corrected chi connectivity index (χ2v) is 7.02. The molecule has 0 saturated heterocycles. The molecule has 0 fully saturated rings. The maximum Gasteiger partial charge on any atom is 0.256 e. The van der Waals surface area contributed by atoms with E-state index in [1.165, 1.54) is 0 Å². The normalized spacial score (nSPS) is 12.1. The molecule has 2 aromatic carbocycles. The summed E-state index contributed by atoms with van der Waals surface area (Å²) in [5.41, 5.74) is 2.27. The van der Waals surface area contributed by atoms with Gasteiger partial charge < -0.3 is 24.1 Å². The van der Waals surface area contributed by atoms with Gasteiger partial charge in [-0.25, -0.2) is 0 Å². The number of ether oxygens (including phenoxy) is 2. The number of furan rings is 1. The van der Waals surface area contributed by atoms with Gasteiger partial charge in [-0.2, -0.15) is 0 Å². The van der Waals surface area contributed by atoms with Crippen molar-refractivity contribution in [1.29, 1.82) is 0 Å². The smallest absolute Gasteiger partial charge is 0.256 e. The second kappa shape index (κ2) is 8.49. The minimum absolute atomic E-state index is 0.174. The number of fused-ring (bicyclic) bond motifs is 1. The monoisotopic (exact) mass is 412 g/mol. The van der Waals surface area contributed by atoms with Crippen molar-refractivity contribution >= 4 is 23.2 Å². The average Bonchev–Trinajstić information content (AvgIpc) is 3.39. The van der Waals surface area contributed by atoms with E-state index < -0.39 is 0 Å². The maximum absolute atomic E-state index is 13.3. The highest BCUT2D eigenvalue weighted by molar-refractivity contribution is 6.33. The van der Waals surface area contributed by atoms with E-state index in [0.717, 1.165) is 17.8 Å². The van der Waals surface area contributed by atoms with Crippen LogP contribution in [0.2, 0.25) is 5.02 Å². The third-order valence-electron chi connectivity index (χ3n) is 4.65. The number of nitrogens with one attached hydrogen (secondary N) is 1. The predicted molar refractivity (Wildman–Crippen MR) is 110 cm³/mol. The van der Waals surface area contributed by atoms with E-state index in [9.17, 15) is 4.79 Å². The summed E-state index contributed by atoms with van der Waals surface area (Å²) in [4.78, 5) is 15.0. The minimum Gasteiger partial charge on any atom is -0.467 e. The van der Waals surface area contributed by atoms with E-state index in [2.05, 4.69) is 5.32 Å². The Bertz CT molecular complexity index is 1000. The van der Waals surface area contributed by atoms with Gasteiger partial charge in [-0.15, -0.1) is 0 Å². The lowest BCUT2D eigenvalue weighted by atomic mass is 10.1. The van der Waals surface area contributed by atoms with Gasteiger partial charge in [0.25, 0.3) is 5.91 Å². The Balaban J connectivity index is 1.69. The van der Waals surface area contributed by atoms with Crippen LogP contribution in [0, 0.1) is 0 Å². The van der Waals surface area contributed by atoms with E-state index in [4.69, 9.17) is 25.5 Å². The third kappa shape index (κ3) is 4.17. The number of benzene rings is 2. The van der Waals surface area contributed by atoms with Crippen molar-refractivity contribution in [2.75, 3.05) is 18.7 Å². The molecule has 1 N–H and O–H groups in total. The number of carbonyl (C=O) groups excluding carboxylic acids is 1. The number of rotatable bonds is 7. The van der Waals surface area contributed by atoms with E-state index in [0.29, 0.717) is 40.9 Å². The van der Waals surface area contributed by atoms with Crippen molar-refractivity contribution in [3.05, 3.63) is 76.7 Å². The summed E-state index contributed by atoms with van der Waals surface area (Å²) in [5.74, 6) is 1.88. The number of hydrogen-bond acceptors (Lipinski definition) is 5. The maximum atomic E-state index is 13.3. The van der Waals surface area contributed by atoms with Crippen molar-refractivity contribution in [2.45, 2.75) is 20.0 Å². The molecule has 0 radical (unpaired) electrons. The molecule has 0 saturated carbocycles. The fraction of sp³-hybridized carbons (Fsp3) is 0.227. The van der Waals surface area contributed by atoms with Crippen LogP contribution in [0.1, 0.15) is 28.6 Å². The van der Waals surface area contributed by atoms with E-state index in [-0.39, 0.29) is 12.7 Å². The van der Waals surface area contributed by atoms with Crippen LogP contribution >= 0.6 is 11.6 Å². The molecule has 0 bridgehead atoms. The molecule has 4 rings (SSSR count). The number of hydrogen-bond donors (Lipinski definition) is 1. The van der Waals surface area contributed by atoms with Gasteiger partial charge in [0.1, 0.15) is 5.76 Å². The Hall–Kier alpha value is -3.12. The lowest BCUT2D eigenvalue weighted by molar-refractivity contribution is 0.0718. The Kier molecular flexibility index (Phi) is 5.62. The van der Waals surface area contributed by atoms with Gasteiger partial charge in [-0.05, 0) is 42.8 Å². The molecule has 150 valence electrons. The standard InChI is InChI=1S/C22H21ClN2O4/c1-2-24-19-11-21-20(28-14-29-21)10-15(19)12-25(13-16-6-5-9-27-16)22(26)17-7-3-4-8-18(17)23/h3-11,24H,2,12-14H2,1H3. The average molecular weight is 413 g/mol. The number of carbonyl (C=O) groups is 1. The van der Waals surface area contributed by atoms with Crippen LogP contribution in [0.25, 0.3) is 0 Å². The van der Waals surface area contributed by atoms with Gasteiger partial charge in [0.05, 0.1) is 23.4 Å². The summed E-state index contributed by atoms with van der Waals surface area (Å²) < 4.78 is 16.5. The topological polar surface area (TPSA) is 63.9 Å². The summed E-state index contributed by atoms with van der Waals surface area (Å²) in [5, 5.41) is 3.75. The highest BCUT2D eigenvalue weighted by Crippen LogP contribution is 2.38. The Morgan fingerprint density at radius 2 is 1.90 bits per heavy atom. The molecular formula is C22H21ClN2O4. The van der Waals surface area contributed by atoms with Crippen LogP contribution in [0.4, 0.5) is 5.69 Å². The van der Waals surface area contributed by atoms with Crippen LogP contribution in [-0.4, -0.2) is 24.1 Å². The molecule has 0 unspecified atom stereocenters. The van der Waals surface area contributed by atoms with Crippen LogP contribution in [-0.2, 0) is 13.1 Å². The number of nitrogens with zero attached hydrogens (tertiary/aromatic N) is 1. The molecular weight excluding hydrogens is 392 g/mol. The highest BCUT2D eigenvalue weighted by Gasteiger charge is 2.23. The van der Waals surface area contributed by atoms with Crippen molar-refractivity contribution in [1.82, 2.24) is 4.90 Å². The molecule has 1 aliphatic heterocycles. The fourth-order valence-corrected chi connectivity index (χ4v) is 3.49. The zero-order valence-electron chi connectivity index (χ0n) is 16.0. The van der Waals surface area contributed by atoms with Gasteiger partial charge >= 0.3 is 0 Å². The molecule has 1 amide bonds. The highest BCUT2D eigenvalue weighted by atomic mass is 35.5. The van der Waals surface area contributed by atoms with Crippen LogP contribution < -0.4 is 14.8 Å². The van der Waals surface area contributed by atoms with Gasteiger partial charge in [0.2, 0.25) is 6.79 Å². The van der Waals surface area contributed by atoms with E-state index in [1.807, 2.05) is 25.1 Å². The quantitative estimate of drug-likeness (QED) is 0.595. The molecule has 0 aliphatic carbocycles. The first-order valence-electron chi connectivity index (χ1n) is 9.38. The van der Waals surface area contributed by atoms with Crippen molar-refractivity contribution < 1.29 is 18.7 Å². The molecule has 6 nitrogen and oxygen atoms in total. The van der Waals surface area contributed by atoms with Gasteiger partial charge in [-0.1, -0.05) is 23.7 Å². The molecule has 29 heavy (non-hydrogen) atoms. The zero-order valence-corrected chi connectivity index (χ0v) is 16.7. The van der Waals surface area contributed by atoms with Crippen LogP contribution in [0.5, 0.6) is 11.5 Å². The van der Waals surface area contributed by atoms with Crippen LogP contribution in [0.3, 0.4) is 0 Å². The molecule has 7 heteroatoms. The molecule has 2 heterocycles. The Labute approximate surface area is 174 Å². The summed E-state index contributed by atoms with van der Waals surface area (Å²) in [6.07, 6.45) is 1.60. The zero-order chi connectivity index (χ0) is 20.2. The summed E-state index contributed by atoms with van der Waals surface area (Å²) in [7, 11) is 0. The SMILES string of the molecule is CCNc1cc2c(cc1CN(Cc1ccco1)C(=O)c1ccccc1Cl)OCO2. The Morgan fingerprint density at radius 3 is 2.62 bits per heavy atom. The van der Waals surface area contributed by atoms with Crippen LogP contribution in [0.15, 0.2) is 59.2 Å². The fourth-order valence-electron chi connectivity index (χ4n) is 3.27. The first kappa shape index (κ1) is 19.2. The summed E-state index contributed by atoms with van der Waals surface area (Å²) in [6.45, 7) is 3.62. The third-order valence-corrected chi connectivity index (χ3v) is 4.97. The first-order valence-corrected chi connectivity index (χ1v) is 9.76. The first-order chi connectivity index (χ1) is 14.2. The summed E-state index contributed by atoms with van der Waals surface area (Å²) in [6, 6.07) is 14.5. The number of amides is 1. The summed E-state index contributed by atoms with van der Waals surface area (Å²) >= 11 is 6.29. The van der Waals surface area contributed by atoms with Crippen molar-refractivity contribution in [3.63, 3.8) is 0 Å². The van der Waals surface area contributed by atoms with Gasteiger partial charge in [0, 0.05) is 24.8 Å². The lowest BCUT2D eigenvalue weighted by Crippen LogP contribution is -2.30.